The largest absolute Gasteiger partial charge is 0.204 e. The lowest BCUT2D eigenvalue weighted by molar-refractivity contribution is -0.697. The highest BCUT2D eigenvalue weighted by Crippen LogP contribution is 2.12. The Kier molecular flexibility index (Phi) is 9.42. The van der Waals surface area contributed by atoms with E-state index in [4.69, 9.17) is 23.2 Å². The van der Waals surface area contributed by atoms with Gasteiger partial charge in [-0.25, -0.2) is 9.13 Å². The predicted octanol–water partition coefficient (Wildman–Crippen LogP) is 6.01. The number of rotatable bonds is 11. The number of hydrogen-bond donors (Lipinski definition) is 0. The van der Waals surface area contributed by atoms with Gasteiger partial charge in [-0.05, 0) is 37.8 Å². The van der Waals surface area contributed by atoms with E-state index in [9.17, 15) is 0 Å². The summed E-state index contributed by atoms with van der Waals surface area (Å²) in [6, 6.07) is 4.18. The van der Waals surface area contributed by atoms with Crippen molar-refractivity contribution in [3.8, 4) is 0 Å². The van der Waals surface area contributed by atoms with Gasteiger partial charge in [-0.15, -0.1) is 0 Å². The van der Waals surface area contributed by atoms with Crippen molar-refractivity contribution in [2.75, 3.05) is 0 Å². The number of hydrogen-bond acceptors (Lipinski definition) is 0. The molecule has 0 bridgehead atoms. The highest BCUT2D eigenvalue weighted by molar-refractivity contribution is 6.31. The maximum absolute atomic E-state index is 6.16. The van der Waals surface area contributed by atoms with Crippen LogP contribution in [0.1, 0.15) is 62.5 Å². The van der Waals surface area contributed by atoms with Crippen LogP contribution in [0.25, 0.3) is 0 Å². The number of pyridine rings is 2. The van der Waals surface area contributed by atoms with Crippen molar-refractivity contribution in [1.29, 1.82) is 0 Å². The van der Waals surface area contributed by atoms with Gasteiger partial charge in [0.25, 0.3) is 0 Å². The standard InChI is InChI=1S/C22H32Cl2N2/c1-19-11-15-25(17-21(19)23)13-9-7-5-3-4-6-8-10-14-26-16-12-20(2)22(24)18-26/h11-12,15-18H,3-10,13-14H2,1-2H3/q+2. The first kappa shape index (κ1) is 21.2. The molecule has 2 aromatic heterocycles. The van der Waals surface area contributed by atoms with E-state index in [-0.39, 0.29) is 0 Å². The third-order valence-electron chi connectivity index (χ3n) is 4.93. The lowest BCUT2D eigenvalue weighted by Crippen LogP contribution is -2.32. The molecule has 2 rings (SSSR count). The third kappa shape index (κ3) is 7.63. The van der Waals surface area contributed by atoms with E-state index in [1.54, 1.807) is 0 Å². The zero-order chi connectivity index (χ0) is 18.8. The van der Waals surface area contributed by atoms with Crippen molar-refractivity contribution < 1.29 is 9.13 Å². The first-order valence-corrected chi connectivity index (χ1v) is 10.6. The molecular formula is C22H32Cl2N2+2. The molecule has 0 aromatic carbocycles. The summed E-state index contributed by atoms with van der Waals surface area (Å²) in [5.74, 6) is 0. The molecule has 0 aliphatic rings. The van der Waals surface area contributed by atoms with Crippen LogP contribution in [0.4, 0.5) is 0 Å². The number of nitrogens with zero attached hydrogens (tertiary/aromatic N) is 2. The van der Waals surface area contributed by atoms with Gasteiger partial charge in [-0.3, -0.25) is 0 Å². The van der Waals surface area contributed by atoms with E-state index in [1.807, 2.05) is 26.2 Å². The van der Waals surface area contributed by atoms with Gasteiger partial charge in [0, 0.05) is 25.0 Å². The second-order valence-corrected chi connectivity index (χ2v) is 8.07. The van der Waals surface area contributed by atoms with Crippen molar-refractivity contribution >= 4 is 23.2 Å². The van der Waals surface area contributed by atoms with Crippen molar-refractivity contribution in [3.63, 3.8) is 0 Å². The molecule has 0 N–H and O–H groups in total. The quantitative estimate of drug-likeness (QED) is 0.325. The molecule has 0 spiro atoms. The fourth-order valence-corrected chi connectivity index (χ4v) is 3.46. The Morgan fingerprint density at radius 1 is 0.615 bits per heavy atom. The van der Waals surface area contributed by atoms with Crippen molar-refractivity contribution in [1.82, 2.24) is 0 Å². The van der Waals surface area contributed by atoms with Crippen LogP contribution in [0.2, 0.25) is 10.0 Å². The average Bonchev–Trinajstić information content (AvgIpc) is 2.62. The van der Waals surface area contributed by atoms with Gasteiger partial charge in [0.1, 0.15) is 23.1 Å². The van der Waals surface area contributed by atoms with E-state index in [0.29, 0.717) is 0 Å². The number of aromatic nitrogens is 2. The minimum atomic E-state index is 0.860. The SMILES string of the molecule is Cc1cc[n+](CCCCCCCCCC[n+]2ccc(C)c(Cl)c2)cc1Cl. The van der Waals surface area contributed by atoms with Gasteiger partial charge in [0.2, 0.25) is 0 Å². The maximum atomic E-state index is 6.16. The summed E-state index contributed by atoms with van der Waals surface area (Å²) in [5.41, 5.74) is 2.29. The summed E-state index contributed by atoms with van der Waals surface area (Å²) >= 11 is 12.3. The van der Waals surface area contributed by atoms with Crippen LogP contribution in [-0.2, 0) is 13.1 Å². The molecule has 2 heterocycles. The van der Waals surface area contributed by atoms with E-state index in [1.165, 1.54) is 51.4 Å². The minimum absolute atomic E-state index is 0.860. The normalized spacial score (nSPS) is 11.1. The van der Waals surface area contributed by atoms with Crippen LogP contribution in [0.15, 0.2) is 36.9 Å². The van der Waals surface area contributed by atoms with Gasteiger partial charge in [0.15, 0.2) is 24.8 Å². The Bertz CT molecular complexity index is 626. The fourth-order valence-electron chi connectivity index (χ4n) is 3.08. The average molecular weight is 395 g/mol. The summed E-state index contributed by atoms with van der Waals surface area (Å²) in [5, 5.41) is 1.72. The molecule has 26 heavy (non-hydrogen) atoms. The summed E-state index contributed by atoms with van der Waals surface area (Å²) in [4.78, 5) is 0. The van der Waals surface area contributed by atoms with E-state index >= 15 is 0 Å². The first-order chi connectivity index (χ1) is 12.6. The highest BCUT2D eigenvalue weighted by Gasteiger charge is 2.05. The molecule has 0 atom stereocenters. The molecule has 0 aliphatic heterocycles. The van der Waals surface area contributed by atoms with Crippen molar-refractivity contribution in [3.05, 3.63) is 58.1 Å². The first-order valence-electron chi connectivity index (χ1n) is 9.86. The number of halogens is 2. The van der Waals surface area contributed by atoms with Crippen LogP contribution in [0, 0.1) is 13.8 Å². The Labute approximate surface area is 168 Å². The topological polar surface area (TPSA) is 7.76 Å². The summed E-state index contributed by atoms with van der Waals surface area (Å²) in [7, 11) is 0. The molecule has 0 unspecified atom stereocenters. The molecule has 142 valence electrons. The Morgan fingerprint density at radius 3 is 1.31 bits per heavy atom. The van der Waals surface area contributed by atoms with E-state index < -0.39 is 0 Å². The molecular weight excluding hydrogens is 363 g/mol. The third-order valence-corrected chi connectivity index (χ3v) is 5.72. The van der Waals surface area contributed by atoms with E-state index in [0.717, 1.165) is 34.3 Å². The Balaban J connectivity index is 1.45. The number of unbranched alkanes of at least 4 members (excludes halogenated alkanes) is 7. The Hall–Kier alpha value is -1.12. The minimum Gasteiger partial charge on any atom is -0.204 e. The molecule has 0 amide bonds. The van der Waals surface area contributed by atoms with Crippen LogP contribution >= 0.6 is 23.2 Å². The van der Waals surface area contributed by atoms with Crippen LogP contribution in [0.3, 0.4) is 0 Å². The molecule has 0 aliphatic carbocycles. The molecule has 4 heteroatoms. The van der Waals surface area contributed by atoms with Gasteiger partial charge in [-0.1, -0.05) is 48.9 Å². The van der Waals surface area contributed by atoms with Crippen LogP contribution in [-0.4, -0.2) is 0 Å². The second-order valence-electron chi connectivity index (χ2n) is 7.26. The monoisotopic (exact) mass is 394 g/mol. The number of aryl methyl sites for hydroxylation is 4. The van der Waals surface area contributed by atoms with E-state index in [2.05, 4.69) is 33.7 Å². The second kappa shape index (κ2) is 11.6. The summed E-state index contributed by atoms with van der Waals surface area (Å²) in [6.07, 6.45) is 18.8. The van der Waals surface area contributed by atoms with Gasteiger partial charge >= 0.3 is 0 Å². The zero-order valence-electron chi connectivity index (χ0n) is 16.2. The molecule has 0 fully saturated rings. The summed E-state index contributed by atoms with van der Waals surface area (Å²) < 4.78 is 4.40. The smallest absolute Gasteiger partial charge is 0.187 e. The molecule has 0 saturated carbocycles. The van der Waals surface area contributed by atoms with Crippen LogP contribution < -0.4 is 9.13 Å². The fraction of sp³-hybridized carbons (Fsp3) is 0.545. The summed E-state index contributed by atoms with van der Waals surface area (Å²) in [6.45, 7) is 6.22. The molecule has 2 aromatic rings. The lowest BCUT2D eigenvalue weighted by atomic mass is 10.1. The van der Waals surface area contributed by atoms with Gasteiger partial charge in [-0.2, -0.15) is 0 Å². The van der Waals surface area contributed by atoms with Crippen LogP contribution in [0.5, 0.6) is 0 Å². The maximum Gasteiger partial charge on any atom is 0.187 e. The zero-order valence-corrected chi connectivity index (χ0v) is 17.7. The van der Waals surface area contributed by atoms with Gasteiger partial charge in [0.05, 0.1) is 0 Å². The van der Waals surface area contributed by atoms with Gasteiger partial charge < -0.3 is 0 Å². The molecule has 0 saturated heterocycles. The molecule has 2 nitrogen and oxygen atoms in total. The van der Waals surface area contributed by atoms with Crippen molar-refractivity contribution in [2.45, 2.75) is 78.3 Å². The van der Waals surface area contributed by atoms with Crippen molar-refractivity contribution in [2.24, 2.45) is 0 Å². The lowest BCUT2D eigenvalue weighted by Gasteiger charge is -2.02. The highest BCUT2D eigenvalue weighted by atomic mass is 35.5. The molecule has 0 radical (unpaired) electrons. The Morgan fingerprint density at radius 2 is 0.962 bits per heavy atom. The predicted molar refractivity (Wildman–Crippen MR) is 110 cm³/mol.